The van der Waals surface area contributed by atoms with Crippen LogP contribution in [-0.2, 0) is 6.54 Å². The molecule has 0 amide bonds. The van der Waals surface area contributed by atoms with Gasteiger partial charge in [-0.1, -0.05) is 95.0 Å². The van der Waals surface area contributed by atoms with E-state index in [1.54, 1.807) is 0 Å². The Hall–Kier alpha value is -1.74. The molecule has 3 aromatic rings. The topological polar surface area (TPSA) is 12.0 Å². The molecule has 0 bridgehead atoms. The highest BCUT2D eigenvalue weighted by molar-refractivity contribution is 6.85. The van der Waals surface area contributed by atoms with Gasteiger partial charge in [0, 0.05) is 16.6 Å². The van der Waals surface area contributed by atoms with Crippen molar-refractivity contribution in [1.82, 2.24) is 5.32 Å². The van der Waals surface area contributed by atoms with Gasteiger partial charge in [0.1, 0.15) is 0 Å². The van der Waals surface area contributed by atoms with E-state index < -0.39 is 0 Å². The van der Waals surface area contributed by atoms with E-state index in [1.165, 1.54) is 16.5 Å². The van der Waals surface area contributed by atoms with Crippen LogP contribution in [0.5, 0.6) is 0 Å². The molecular formula is C23H24BCl2N. The first-order valence-corrected chi connectivity index (χ1v) is 10.1. The van der Waals surface area contributed by atoms with E-state index >= 15 is 0 Å². The second-order valence-electron chi connectivity index (χ2n) is 7.02. The van der Waals surface area contributed by atoms with Gasteiger partial charge >= 0.3 is 0 Å². The van der Waals surface area contributed by atoms with Crippen LogP contribution in [0.2, 0.25) is 16.4 Å². The molecule has 0 spiro atoms. The van der Waals surface area contributed by atoms with Crippen LogP contribution in [-0.4, -0.2) is 13.3 Å². The fourth-order valence-corrected chi connectivity index (χ4v) is 3.63. The number of benzene rings is 3. The van der Waals surface area contributed by atoms with Gasteiger partial charge in [0.25, 0.3) is 0 Å². The minimum Gasteiger partial charge on any atom is -0.313 e. The number of nitrogens with one attached hydrogen (secondary N) is 1. The zero-order valence-corrected chi connectivity index (χ0v) is 17.3. The lowest BCUT2D eigenvalue weighted by atomic mass is 9.38. The van der Waals surface area contributed by atoms with Gasteiger partial charge in [-0.15, -0.1) is 0 Å². The molecule has 3 aromatic carbocycles. The average molecular weight is 396 g/mol. The monoisotopic (exact) mass is 395 g/mol. The van der Waals surface area contributed by atoms with Crippen molar-refractivity contribution < 1.29 is 0 Å². The highest BCUT2D eigenvalue weighted by atomic mass is 35.5. The van der Waals surface area contributed by atoms with Crippen LogP contribution in [0, 0.1) is 13.8 Å². The maximum Gasteiger partial charge on any atom is 0.210 e. The lowest BCUT2D eigenvalue weighted by Gasteiger charge is -2.17. The number of aryl methyl sites for hydroxylation is 2. The van der Waals surface area contributed by atoms with Crippen molar-refractivity contribution in [3.8, 4) is 0 Å². The summed E-state index contributed by atoms with van der Waals surface area (Å²) in [7, 11) is 0. The first-order valence-electron chi connectivity index (χ1n) is 9.31. The van der Waals surface area contributed by atoms with Gasteiger partial charge in [0.15, 0.2) is 0 Å². The van der Waals surface area contributed by atoms with Gasteiger partial charge in [-0.25, -0.2) is 0 Å². The molecule has 138 valence electrons. The first-order chi connectivity index (χ1) is 13.0. The molecule has 1 nitrogen and oxygen atoms in total. The van der Waals surface area contributed by atoms with E-state index in [1.807, 2.05) is 19.9 Å². The van der Waals surface area contributed by atoms with E-state index in [9.17, 15) is 0 Å². The highest BCUT2D eigenvalue weighted by Crippen LogP contribution is 2.15. The summed E-state index contributed by atoms with van der Waals surface area (Å²) in [5, 5.41) is 5.18. The molecule has 0 saturated heterocycles. The van der Waals surface area contributed by atoms with E-state index in [0.29, 0.717) is 0 Å². The predicted molar refractivity (Wildman–Crippen MR) is 120 cm³/mol. The van der Waals surface area contributed by atoms with Gasteiger partial charge in [-0.05, 0) is 49.2 Å². The molecule has 0 aliphatic rings. The third-order valence-electron chi connectivity index (χ3n) is 4.98. The van der Waals surface area contributed by atoms with Crippen LogP contribution in [0.3, 0.4) is 0 Å². The van der Waals surface area contributed by atoms with Crippen molar-refractivity contribution >= 4 is 40.8 Å². The van der Waals surface area contributed by atoms with Crippen molar-refractivity contribution in [2.45, 2.75) is 26.7 Å². The SMILES string of the molecule is Cc1ccc(B(CCNCc2ccccc2)c2ccc(C)c(Cl)c2)cc1Cl. The van der Waals surface area contributed by atoms with Crippen LogP contribution in [0.25, 0.3) is 0 Å². The van der Waals surface area contributed by atoms with Gasteiger partial charge in [-0.2, -0.15) is 0 Å². The molecule has 0 aromatic heterocycles. The Morgan fingerprint density at radius 1 is 0.778 bits per heavy atom. The summed E-state index contributed by atoms with van der Waals surface area (Å²) in [6, 6.07) is 23.2. The van der Waals surface area contributed by atoms with Crippen LogP contribution < -0.4 is 16.2 Å². The van der Waals surface area contributed by atoms with E-state index in [2.05, 4.69) is 66.0 Å². The number of hydrogen-bond acceptors (Lipinski definition) is 1. The van der Waals surface area contributed by atoms with E-state index in [4.69, 9.17) is 23.2 Å². The fraction of sp³-hybridized carbons (Fsp3) is 0.217. The van der Waals surface area contributed by atoms with Gasteiger partial charge in [0.05, 0.1) is 0 Å². The Bertz CT molecular complexity index is 845. The summed E-state index contributed by atoms with van der Waals surface area (Å²) in [6.45, 7) is 6.11. The van der Waals surface area contributed by atoms with E-state index in [-0.39, 0.29) is 6.71 Å². The summed E-state index contributed by atoms with van der Waals surface area (Å²) >= 11 is 12.8. The third-order valence-corrected chi connectivity index (χ3v) is 5.79. The van der Waals surface area contributed by atoms with Crippen LogP contribution >= 0.6 is 23.2 Å². The minimum atomic E-state index is 0.254. The third kappa shape index (κ3) is 5.38. The minimum absolute atomic E-state index is 0.254. The number of rotatable bonds is 7. The highest BCUT2D eigenvalue weighted by Gasteiger charge is 2.20. The van der Waals surface area contributed by atoms with Gasteiger partial charge in [-0.3, -0.25) is 0 Å². The summed E-state index contributed by atoms with van der Waals surface area (Å²) in [5.41, 5.74) is 5.96. The lowest BCUT2D eigenvalue weighted by molar-refractivity contribution is 0.724. The molecular weight excluding hydrogens is 372 g/mol. The molecule has 27 heavy (non-hydrogen) atoms. The summed E-state index contributed by atoms with van der Waals surface area (Å²) < 4.78 is 0. The molecule has 0 heterocycles. The molecule has 0 atom stereocenters. The normalized spacial score (nSPS) is 10.8. The van der Waals surface area contributed by atoms with Crippen molar-refractivity contribution in [3.63, 3.8) is 0 Å². The zero-order chi connectivity index (χ0) is 19.2. The van der Waals surface area contributed by atoms with Crippen molar-refractivity contribution in [1.29, 1.82) is 0 Å². The molecule has 1 N–H and O–H groups in total. The van der Waals surface area contributed by atoms with Crippen LogP contribution in [0.4, 0.5) is 0 Å². The van der Waals surface area contributed by atoms with Crippen LogP contribution in [0.15, 0.2) is 66.7 Å². The molecule has 0 fully saturated rings. The van der Waals surface area contributed by atoms with Crippen molar-refractivity contribution in [3.05, 3.63) is 93.5 Å². The molecule has 0 saturated carbocycles. The molecule has 0 radical (unpaired) electrons. The largest absolute Gasteiger partial charge is 0.313 e. The van der Waals surface area contributed by atoms with Crippen LogP contribution in [0.1, 0.15) is 16.7 Å². The maximum absolute atomic E-state index is 6.40. The number of hydrogen-bond donors (Lipinski definition) is 1. The van der Waals surface area contributed by atoms with Gasteiger partial charge in [0.2, 0.25) is 6.71 Å². The second-order valence-corrected chi connectivity index (χ2v) is 7.84. The molecule has 3 rings (SSSR count). The lowest BCUT2D eigenvalue weighted by Crippen LogP contribution is -2.44. The molecule has 0 aliphatic carbocycles. The Kier molecular flexibility index (Phi) is 7.01. The Morgan fingerprint density at radius 3 is 1.85 bits per heavy atom. The summed E-state index contributed by atoms with van der Waals surface area (Å²) in [4.78, 5) is 0. The maximum atomic E-state index is 6.40. The summed E-state index contributed by atoms with van der Waals surface area (Å²) in [5.74, 6) is 0. The van der Waals surface area contributed by atoms with Crippen molar-refractivity contribution in [2.75, 3.05) is 6.54 Å². The fourth-order valence-electron chi connectivity index (χ4n) is 3.25. The van der Waals surface area contributed by atoms with Gasteiger partial charge < -0.3 is 5.32 Å². The molecule has 0 aliphatic heterocycles. The first kappa shape index (κ1) is 20.0. The Labute approximate surface area is 172 Å². The smallest absolute Gasteiger partial charge is 0.210 e. The Morgan fingerprint density at radius 2 is 1.33 bits per heavy atom. The average Bonchev–Trinajstić information content (AvgIpc) is 2.67. The predicted octanol–water partition coefficient (Wildman–Crippen LogP) is 5.01. The summed E-state index contributed by atoms with van der Waals surface area (Å²) in [6.07, 6.45) is 0.978. The second kappa shape index (κ2) is 9.46. The quantitative estimate of drug-likeness (QED) is 0.438. The number of halogens is 2. The van der Waals surface area contributed by atoms with Crippen molar-refractivity contribution in [2.24, 2.45) is 0 Å². The molecule has 0 unspecified atom stereocenters. The molecule has 4 heteroatoms. The zero-order valence-electron chi connectivity index (χ0n) is 15.8. The Balaban J connectivity index is 1.76. The standard InChI is InChI=1S/C23H24BCl2N/c1-17-8-10-20(14-22(17)25)24(21-11-9-18(2)23(26)15-21)12-13-27-16-19-6-4-3-5-7-19/h3-11,14-15,27H,12-13,16H2,1-2H3. The van der Waals surface area contributed by atoms with E-state index in [0.717, 1.165) is 40.6 Å².